The van der Waals surface area contributed by atoms with Crippen molar-refractivity contribution in [1.82, 2.24) is 39.9 Å². The number of rotatable bonds is 23. The normalized spacial score (nSPS) is 17.5. The lowest BCUT2D eigenvalue weighted by Gasteiger charge is -2.37. The van der Waals surface area contributed by atoms with E-state index in [0.717, 1.165) is 94.8 Å². The molecule has 2 saturated heterocycles. The zero-order valence-corrected chi connectivity index (χ0v) is 49.7. The number of likely N-dealkylation sites (tertiary alicyclic amines) is 1. The van der Waals surface area contributed by atoms with E-state index in [0.29, 0.717) is 24.6 Å². The fraction of sp³-hybridized carbons (Fsp3) is 0.500. The number of ether oxygens (including phenoxy) is 3. The lowest BCUT2D eigenvalue weighted by atomic mass is 9.85. The number of imidazole rings is 1. The number of halogens is 3. The van der Waals surface area contributed by atoms with E-state index in [-0.39, 0.29) is 48.2 Å². The molecule has 0 bridgehead atoms. The maximum atomic E-state index is 14.2. The molecule has 0 aliphatic carbocycles. The highest BCUT2D eigenvalue weighted by molar-refractivity contribution is 7.16. The molecule has 8 rings (SSSR count). The van der Waals surface area contributed by atoms with Gasteiger partial charge in [-0.05, 0) is 94.7 Å². The van der Waals surface area contributed by atoms with Crippen molar-refractivity contribution in [2.45, 2.75) is 136 Å². The van der Waals surface area contributed by atoms with Crippen LogP contribution in [-0.4, -0.2) is 140 Å². The summed E-state index contributed by atoms with van der Waals surface area (Å²) in [7, 11) is 0. The summed E-state index contributed by atoms with van der Waals surface area (Å²) in [6, 6.07) is 18.8. The number of amides is 4. The van der Waals surface area contributed by atoms with E-state index >= 15 is 0 Å². The van der Waals surface area contributed by atoms with Gasteiger partial charge in [0.25, 0.3) is 5.91 Å². The summed E-state index contributed by atoms with van der Waals surface area (Å²) >= 11 is 2.65. The van der Waals surface area contributed by atoms with Crippen LogP contribution in [0.2, 0.25) is 0 Å². The van der Waals surface area contributed by atoms with Crippen LogP contribution in [0.15, 0.2) is 84.6 Å². The number of β-amino-alcohol motifs (C(OH)–C–C–N with tert-alkyl or cyclic N) is 1. The number of primary amides is 1. The summed E-state index contributed by atoms with van der Waals surface area (Å²) in [6.07, 6.45) is -3.47. The number of piperazine rings is 1. The van der Waals surface area contributed by atoms with Crippen LogP contribution >= 0.6 is 22.7 Å². The standard InChI is InChI=1S/C60H76F3N9O8S2/c1-37-51(81-36-67-37)41-17-14-39(15-18-41)31-65-55(76)47-29-42(73)33-71(47)56(77)53(57(3,4)5)68-49(74)34-79-59(8,9)21-27-78-58(6,7)20-22-69-23-25-70(26-24-69)32-40-16-19-45-46(28-40)72(35-66-45)50-30-48(52(82-50)54(64)75)80-38(2)43-12-10-11-13-44(43)60(61,62)63/h10-19,28,30,35-36,38,42,47,53,73H,20-27,29,31-34H2,1-9H3,(H2,64,75)(H,65,76)(H,68,74)/t38-,42-,47+,53-/m1/s1. The summed E-state index contributed by atoms with van der Waals surface area (Å²) in [4.78, 5) is 70.1. The molecule has 0 saturated carbocycles. The van der Waals surface area contributed by atoms with Gasteiger partial charge in [-0.2, -0.15) is 13.2 Å². The topological polar surface area (TPSA) is 207 Å². The fourth-order valence-electron chi connectivity index (χ4n) is 10.2. The van der Waals surface area contributed by atoms with Gasteiger partial charge in [0, 0.05) is 70.4 Å². The monoisotopic (exact) mass is 1170 g/mol. The highest BCUT2D eigenvalue weighted by Crippen LogP contribution is 2.40. The molecule has 2 aliphatic heterocycles. The molecule has 2 fully saturated rings. The number of hydrogen-bond acceptors (Lipinski definition) is 14. The number of thiazole rings is 1. The Balaban J connectivity index is 0.762. The Morgan fingerprint density at radius 2 is 1.55 bits per heavy atom. The molecule has 0 spiro atoms. The van der Waals surface area contributed by atoms with Gasteiger partial charge in [-0.3, -0.25) is 28.6 Å². The Hall–Kier alpha value is -6.27. The first-order valence-electron chi connectivity index (χ1n) is 27.6. The number of aliphatic hydroxyl groups is 1. The van der Waals surface area contributed by atoms with Crippen LogP contribution in [0, 0.1) is 12.3 Å². The molecule has 442 valence electrons. The van der Waals surface area contributed by atoms with Crippen LogP contribution in [0.5, 0.6) is 5.75 Å². The molecule has 2 aliphatic rings. The van der Waals surface area contributed by atoms with Crippen molar-refractivity contribution in [2.24, 2.45) is 11.1 Å². The van der Waals surface area contributed by atoms with E-state index in [1.54, 1.807) is 23.7 Å². The van der Waals surface area contributed by atoms with Gasteiger partial charge in [-0.15, -0.1) is 22.7 Å². The van der Waals surface area contributed by atoms with E-state index in [9.17, 15) is 37.5 Å². The molecule has 82 heavy (non-hydrogen) atoms. The van der Waals surface area contributed by atoms with Crippen LogP contribution < -0.4 is 21.1 Å². The van der Waals surface area contributed by atoms with Crippen molar-refractivity contribution in [3.8, 4) is 21.2 Å². The highest BCUT2D eigenvalue weighted by Gasteiger charge is 2.45. The predicted molar refractivity (Wildman–Crippen MR) is 311 cm³/mol. The van der Waals surface area contributed by atoms with Gasteiger partial charge in [0.15, 0.2) is 0 Å². The van der Waals surface area contributed by atoms with E-state index in [1.165, 1.54) is 30.0 Å². The maximum absolute atomic E-state index is 14.2. The number of benzene rings is 3. The zero-order valence-electron chi connectivity index (χ0n) is 48.1. The number of thiophene rings is 1. The zero-order chi connectivity index (χ0) is 59.3. The van der Waals surface area contributed by atoms with E-state index in [4.69, 9.17) is 19.9 Å². The van der Waals surface area contributed by atoms with Crippen LogP contribution in [0.4, 0.5) is 13.2 Å². The van der Waals surface area contributed by atoms with E-state index in [2.05, 4.69) is 50.3 Å². The van der Waals surface area contributed by atoms with E-state index in [1.807, 2.05) is 88.0 Å². The first-order valence-corrected chi connectivity index (χ1v) is 29.3. The number of hydrogen-bond donors (Lipinski definition) is 4. The van der Waals surface area contributed by atoms with Crippen LogP contribution in [0.1, 0.15) is 118 Å². The van der Waals surface area contributed by atoms with E-state index < -0.39 is 70.4 Å². The minimum Gasteiger partial charge on any atom is -0.484 e. The number of nitrogens with zero attached hydrogens (tertiary/aromatic N) is 6. The number of alkyl halides is 3. The van der Waals surface area contributed by atoms with Gasteiger partial charge in [0.2, 0.25) is 17.7 Å². The van der Waals surface area contributed by atoms with Crippen molar-refractivity contribution in [3.05, 3.63) is 117 Å². The highest BCUT2D eigenvalue weighted by atomic mass is 32.1. The van der Waals surface area contributed by atoms with Gasteiger partial charge < -0.3 is 45.5 Å². The lowest BCUT2D eigenvalue weighted by molar-refractivity contribution is -0.146. The summed E-state index contributed by atoms with van der Waals surface area (Å²) in [5.41, 5.74) is 10.3. The van der Waals surface area contributed by atoms with Gasteiger partial charge in [-0.25, -0.2) is 9.97 Å². The maximum Gasteiger partial charge on any atom is 0.416 e. The van der Waals surface area contributed by atoms with Crippen LogP contribution in [0.3, 0.4) is 0 Å². The van der Waals surface area contributed by atoms with Crippen molar-refractivity contribution in [2.75, 3.05) is 52.5 Å². The molecule has 6 aromatic rings. The minimum absolute atomic E-state index is 0.0299. The number of aliphatic hydroxyl groups excluding tert-OH is 1. The quantitative estimate of drug-likeness (QED) is 0.0474. The Kier molecular flexibility index (Phi) is 19.4. The average molecular weight is 1170 g/mol. The lowest BCUT2D eigenvalue weighted by Crippen LogP contribution is -2.58. The summed E-state index contributed by atoms with van der Waals surface area (Å²) in [6.45, 7) is 22.3. The third-order valence-electron chi connectivity index (χ3n) is 15.2. The number of aromatic nitrogens is 3. The average Bonchev–Trinajstić information content (AvgIpc) is 4.38. The molecule has 5 N–H and O–H groups in total. The van der Waals surface area contributed by atoms with Crippen LogP contribution in [-0.2, 0) is 43.1 Å². The first-order chi connectivity index (χ1) is 38.6. The Morgan fingerprint density at radius 1 is 0.866 bits per heavy atom. The molecule has 4 amide bonds. The summed E-state index contributed by atoms with van der Waals surface area (Å²) in [5.74, 6) is -1.96. The third-order valence-corrected chi connectivity index (χ3v) is 17.3. The minimum atomic E-state index is -4.58. The molecule has 5 heterocycles. The third kappa shape index (κ3) is 15.7. The Morgan fingerprint density at radius 3 is 2.22 bits per heavy atom. The van der Waals surface area contributed by atoms with Gasteiger partial charge in [0.1, 0.15) is 46.7 Å². The number of carbonyl (C=O) groups is 4. The molecule has 0 radical (unpaired) electrons. The molecule has 3 aromatic carbocycles. The fourth-order valence-corrected chi connectivity index (χ4v) is 12.0. The number of nitrogens with two attached hydrogens (primary N) is 1. The van der Waals surface area contributed by atoms with Crippen molar-refractivity contribution in [3.63, 3.8) is 0 Å². The molecule has 22 heteroatoms. The molecular formula is C60H76F3N9O8S2. The summed E-state index contributed by atoms with van der Waals surface area (Å²) in [5, 5.41) is 17.1. The largest absolute Gasteiger partial charge is 0.484 e. The second-order valence-corrected chi connectivity index (χ2v) is 25.5. The second-order valence-electron chi connectivity index (χ2n) is 23.6. The molecule has 3 aromatic heterocycles. The smallest absolute Gasteiger partial charge is 0.416 e. The van der Waals surface area contributed by atoms with Gasteiger partial charge in [0.05, 0.1) is 56.6 Å². The molecule has 17 nitrogen and oxygen atoms in total. The van der Waals surface area contributed by atoms with Gasteiger partial charge >= 0.3 is 6.18 Å². The summed E-state index contributed by atoms with van der Waals surface area (Å²) < 4.78 is 61.9. The SMILES string of the molecule is Cc1ncsc1-c1ccc(CNC(=O)[C@@H]2C[C@@H](O)CN2C(=O)[C@@H](NC(=O)COC(C)(C)CCOC(C)(C)CCN2CCN(Cc3ccc4ncn(-c5cc(O[C@H](C)c6ccccc6C(F)(F)F)c(C(N)=O)s5)c4c3)CC2)C(C)(C)C)cc1. The predicted octanol–water partition coefficient (Wildman–Crippen LogP) is 9.07. The van der Waals surface area contributed by atoms with Gasteiger partial charge in [-0.1, -0.05) is 69.3 Å². The Labute approximate surface area is 485 Å². The van der Waals surface area contributed by atoms with Crippen molar-refractivity contribution in [1.29, 1.82) is 0 Å². The van der Waals surface area contributed by atoms with Crippen molar-refractivity contribution < 1.29 is 51.7 Å². The number of nitrogens with one attached hydrogen (secondary N) is 2. The second kappa shape index (κ2) is 25.7. The number of aryl methyl sites for hydroxylation is 1. The Bertz CT molecular complexity index is 3200. The van der Waals surface area contributed by atoms with Crippen LogP contribution in [0.25, 0.3) is 26.5 Å². The molecule has 4 atom stereocenters. The molecular weight excluding hydrogens is 1100 g/mol. The first kappa shape index (κ1) is 61.8. The van der Waals surface area contributed by atoms with Crippen molar-refractivity contribution >= 4 is 57.3 Å². The number of carbonyl (C=O) groups excluding carboxylic acids is 4. The number of fused-ring (bicyclic) bond motifs is 1. The molecule has 0 unspecified atom stereocenters.